The van der Waals surface area contributed by atoms with E-state index in [0.717, 1.165) is 12.1 Å². The van der Waals surface area contributed by atoms with Gasteiger partial charge in [-0.2, -0.15) is 13.2 Å². The van der Waals surface area contributed by atoms with Gasteiger partial charge in [0.2, 0.25) is 5.91 Å². The summed E-state index contributed by atoms with van der Waals surface area (Å²) < 4.78 is 56.0. The first-order chi connectivity index (χ1) is 17.7. The molecule has 5 rings (SSSR count). The number of carbonyl (C=O) groups excluding carboxylic acids is 1. The van der Waals surface area contributed by atoms with E-state index in [4.69, 9.17) is 11.6 Å². The minimum Gasteiger partial charge on any atom is -0.368 e. The van der Waals surface area contributed by atoms with E-state index >= 15 is 0 Å². The molecule has 1 atom stereocenters. The molecule has 0 aliphatic carbocycles. The smallest absolute Gasteiger partial charge is 0.368 e. The molecule has 1 aliphatic rings. The van der Waals surface area contributed by atoms with Crippen LogP contribution in [0.15, 0.2) is 73.1 Å². The van der Waals surface area contributed by atoms with Crippen molar-refractivity contribution in [2.45, 2.75) is 18.5 Å². The van der Waals surface area contributed by atoms with Gasteiger partial charge >= 0.3 is 6.18 Å². The largest absolute Gasteiger partial charge is 0.416 e. The van der Waals surface area contributed by atoms with Crippen molar-refractivity contribution >= 4 is 28.8 Å². The van der Waals surface area contributed by atoms with Crippen LogP contribution in [0.5, 0.6) is 0 Å². The fourth-order valence-corrected chi connectivity index (χ4v) is 4.92. The topological polar surface area (TPSA) is 40.9 Å². The van der Waals surface area contributed by atoms with E-state index in [1.54, 1.807) is 58.1 Å². The number of alkyl halides is 3. The van der Waals surface area contributed by atoms with E-state index in [-0.39, 0.29) is 12.3 Å². The lowest BCUT2D eigenvalue weighted by atomic mass is 9.91. The highest BCUT2D eigenvalue weighted by Gasteiger charge is 2.32. The van der Waals surface area contributed by atoms with E-state index in [0.29, 0.717) is 53.8 Å². The number of aromatic nitrogens is 2. The zero-order valence-corrected chi connectivity index (χ0v) is 20.4. The molecule has 1 amide bonds. The van der Waals surface area contributed by atoms with Crippen LogP contribution in [0, 0.1) is 5.82 Å². The highest BCUT2D eigenvalue weighted by Crippen LogP contribution is 2.33. The number of pyridine rings is 1. The molecule has 0 saturated carbocycles. The number of rotatable bonds is 5. The predicted molar refractivity (Wildman–Crippen MR) is 133 cm³/mol. The SMILES string of the molecule is O=C(C[C@@H](c1ccccc1F)c1cnc2ccc(Cl)cn12)N1CCN(c2cccc(C(F)(F)F)c2)CC1. The molecule has 0 unspecified atom stereocenters. The molecule has 5 nitrogen and oxygen atoms in total. The van der Waals surface area contributed by atoms with Gasteiger partial charge in [-0.15, -0.1) is 0 Å². The Bertz CT molecular complexity index is 1430. The Morgan fingerprint density at radius 2 is 1.76 bits per heavy atom. The highest BCUT2D eigenvalue weighted by atomic mass is 35.5. The van der Waals surface area contributed by atoms with Gasteiger partial charge in [-0.05, 0) is 42.0 Å². The van der Waals surface area contributed by atoms with Crippen LogP contribution in [0.1, 0.15) is 29.2 Å². The van der Waals surface area contributed by atoms with Gasteiger partial charge < -0.3 is 14.2 Å². The Labute approximate surface area is 215 Å². The lowest BCUT2D eigenvalue weighted by molar-refractivity contribution is -0.137. The number of nitrogens with zero attached hydrogens (tertiary/aromatic N) is 4. The molecule has 0 radical (unpaired) electrons. The van der Waals surface area contributed by atoms with E-state index in [9.17, 15) is 22.4 Å². The molecular formula is C27H23ClF4N4O. The van der Waals surface area contributed by atoms with Crippen LogP contribution in [0.3, 0.4) is 0 Å². The van der Waals surface area contributed by atoms with Gasteiger partial charge in [0.15, 0.2) is 0 Å². The minimum atomic E-state index is -4.42. The first-order valence-corrected chi connectivity index (χ1v) is 12.2. The van der Waals surface area contributed by atoms with Crippen molar-refractivity contribution in [1.29, 1.82) is 0 Å². The van der Waals surface area contributed by atoms with Crippen molar-refractivity contribution in [3.63, 3.8) is 0 Å². The lowest BCUT2D eigenvalue weighted by Crippen LogP contribution is -2.49. The van der Waals surface area contributed by atoms with Gasteiger partial charge in [-0.1, -0.05) is 35.9 Å². The summed E-state index contributed by atoms with van der Waals surface area (Å²) in [5.74, 6) is -1.20. The number of carbonyl (C=O) groups is 1. The molecule has 1 aliphatic heterocycles. The average Bonchev–Trinajstić information content (AvgIpc) is 3.30. The first kappa shape index (κ1) is 25.1. The third-order valence-electron chi connectivity index (χ3n) is 6.69. The van der Waals surface area contributed by atoms with Crippen LogP contribution in [0.4, 0.5) is 23.2 Å². The summed E-state index contributed by atoms with van der Waals surface area (Å²) in [6.45, 7) is 1.47. The summed E-state index contributed by atoms with van der Waals surface area (Å²) >= 11 is 6.19. The Balaban J connectivity index is 1.35. The maximum Gasteiger partial charge on any atom is 0.416 e. The van der Waals surface area contributed by atoms with E-state index in [1.807, 2.05) is 4.90 Å². The fraction of sp³-hybridized carbons (Fsp3) is 0.259. The first-order valence-electron chi connectivity index (χ1n) is 11.8. The quantitative estimate of drug-likeness (QED) is 0.296. The molecule has 0 spiro atoms. The third kappa shape index (κ3) is 5.27. The van der Waals surface area contributed by atoms with Gasteiger partial charge in [-0.25, -0.2) is 9.37 Å². The number of anilines is 1. The van der Waals surface area contributed by atoms with E-state index in [2.05, 4.69) is 4.98 Å². The predicted octanol–water partition coefficient (Wildman–Crippen LogP) is 6.02. The normalized spacial score (nSPS) is 15.3. The Morgan fingerprint density at radius 3 is 2.49 bits per heavy atom. The van der Waals surface area contributed by atoms with Crippen LogP contribution in [0.2, 0.25) is 5.02 Å². The van der Waals surface area contributed by atoms with Gasteiger partial charge in [0.25, 0.3) is 0 Å². The summed E-state index contributed by atoms with van der Waals surface area (Å²) in [6.07, 6.45) is -1.10. The maximum atomic E-state index is 14.9. The molecule has 10 heteroatoms. The fourth-order valence-electron chi connectivity index (χ4n) is 4.76. The van der Waals surface area contributed by atoms with Gasteiger partial charge in [0, 0.05) is 56.6 Å². The summed E-state index contributed by atoms with van der Waals surface area (Å²) in [4.78, 5) is 21.3. The number of amides is 1. The Morgan fingerprint density at radius 1 is 1.00 bits per heavy atom. The molecule has 1 saturated heterocycles. The summed E-state index contributed by atoms with van der Waals surface area (Å²) in [6, 6.07) is 15.0. The second-order valence-electron chi connectivity index (χ2n) is 8.95. The molecule has 0 N–H and O–H groups in total. The molecule has 2 aromatic carbocycles. The van der Waals surface area contributed by atoms with Crippen molar-refractivity contribution in [3.05, 3.63) is 101 Å². The summed E-state index contributed by atoms with van der Waals surface area (Å²) in [5.41, 5.74) is 1.40. The van der Waals surface area contributed by atoms with Crippen molar-refractivity contribution < 1.29 is 22.4 Å². The maximum absolute atomic E-state index is 14.9. The molecule has 1 fully saturated rings. The molecule has 2 aromatic heterocycles. The zero-order valence-electron chi connectivity index (χ0n) is 19.6. The lowest BCUT2D eigenvalue weighted by Gasteiger charge is -2.37. The van der Waals surface area contributed by atoms with Crippen LogP contribution >= 0.6 is 11.6 Å². The van der Waals surface area contributed by atoms with E-state index < -0.39 is 23.5 Å². The van der Waals surface area contributed by atoms with Gasteiger partial charge in [0.1, 0.15) is 11.5 Å². The van der Waals surface area contributed by atoms with Crippen LogP contribution < -0.4 is 4.90 Å². The average molecular weight is 531 g/mol. The number of fused-ring (bicyclic) bond motifs is 1. The van der Waals surface area contributed by atoms with Crippen LogP contribution in [0.25, 0.3) is 5.65 Å². The highest BCUT2D eigenvalue weighted by molar-refractivity contribution is 6.30. The molecule has 37 heavy (non-hydrogen) atoms. The number of benzene rings is 2. The zero-order chi connectivity index (χ0) is 26.2. The summed E-state index contributed by atoms with van der Waals surface area (Å²) in [7, 11) is 0. The third-order valence-corrected chi connectivity index (χ3v) is 6.91. The molecule has 4 aromatic rings. The Kier molecular flexibility index (Phi) is 6.81. The summed E-state index contributed by atoms with van der Waals surface area (Å²) in [5, 5.41) is 0.482. The standard InChI is InChI=1S/C27H23ClF4N4O/c28-19-8-9-25-33-16-24(36(25)17-19)22(21-6-1-2-7-23(21)29)15-26(37)35-12-10-34(11-13-35)20-5-3-4-18(14-20)27(30,31)32/h1-9,14,16-17,22H,10-13,15H2/t22-/m0/s1. The van der Waals surface area contributed by atoms with Crippen LogP contribution in [-0.2, 0) is 11.0 Å². The van der Waals surface area contributed by atoms with Crippen molar-refractivity contribution in [2.24, 2.45) is 0 Å². The molecule has 3 heterocycles. The molecule has 0 bridgehead atoms. The van der Waals surface area contributed by atoms with Crippen molar-refractivity contribution in [1.82, 2.24) is 14.3 Å². The second-order valence-corrected chi connectivity index (χ2v) is 9.39. The van der Waals surface area contributed by atoms with Crippen molar-refractivity contribution in [2.75, 3.05) is 31.1 Å². The number of piperazine rings is 1. The Hall–Kier alpha value is -3.59. The molecular weight excluding hydrogens is 508 g/mol. The van der Waals surface area contributed by atoms with E-state index in [1.165, 1.54) is 12.1 Å². The monoisotopic (exact) mass is 530 g/mol. The molecule has 192 valence electrons. The van der Waals surface area contributed by atoms with Crippen LogP contribution in [-0.4, -0.2) is 46.4 Å². The number of halogens is 5. The second kappa shape index (κ2) is 10.0. The van der Waals surface area contributed by atoms with Gasteiger partial charge in [0.05, 0.1) is 16.3 Å². The number of hydrogen-bond acceptors (Lipinski definition) is 3. The minimum absolute atomic E-state index is 0.00476. The van der Waals surface area contributed by atoms with Gasteiger partial charge in [-0.3, -0.25) is 4.79 Å². The number of imidazole rings is 1. The van der Waals surface area contributed by atoms with Crippen molar-refractivity contribution in [3.8, 4) is 0 Å². The number of hydrogen-bond donors (Lipinski definition) is 0.